The molecule has 0 aromatic rings. The summed E-state index contributed by atoms with van der Waals surface area (Å²) in [5.74, 6) is 1.10. The Morgan fingerprint density at radius 2 is 2.00 bits per heavy atom. The molecule has 1 aliphatic carbocycles. The predicted molar refractivity (Wildman–Crippen MR) is 60.5 cm³/mol. The largest absolute Gasteiger partial charge is 0.299 e. The van der Waals surface area contributed by atoms with Gasteiger partial charge in [0.2, 0.25) is 0 Å². The van der Waals surface area contributed by atoms with Crippen LogP contribution in [0.15, 0.2) is 0 Å². The fraction of sp³-hybridized carbons (Fsp3) is 0.909. The number of hydrogen-bond donors (Lipinski definition) is 0. The lowest BCUT2D eigenvalue weighted by atomic mass is 9.91. The van der Waals surface area contributed by atoms with Gasteiger partial charge in [0.25, 0.3) is 0 Å². The van der Waals surface area contributed by atoms with Crippen molar-refractivity contribution in [2.75, 3.05) is 12.0 Å². The summed E-state index contributed by atoms with van der Waals surface area (Å²) in [7, 11) is -2.91. The maximum absolute atomic E-state index is 11.7. The molecule has 0 aliphatic heterocycles. The Balaban J connectivity index is 2.30. The molecule has 88 valence electrons. The Morgan fingerprint density at radius 3 is 2.47 bits per heavy atom. The molecule has 0 aromatic heterocycles. The number of sulfone groups is 1. The van der Waals surface area contributed by atoms with Crippen LogP contribution in [0.2, 0.25) is 0 Å². The van der Waals surface area contributed by atoms with E-state index in [1.54, 1.807) is 0 Å². The minimum Gasteiger partial charge on any atom is -0.299 e. The third-order valence-electron chi connectivity index (χ3n) is 3.21. The molecule has 1 aliphatic rings. The summed E-state index contributed by atoms with van der Waals surface area (Å²) < 4.78 is 21.8. The van der Waals surface area contributed by atoms with E-state index in [4.69, 9.17) is 0 Å². The number of hydrogen-bond acceptors (Lipinski definition) is 3. The standard InChI is InChI=1S/C11H20O3S/c1-9-5-3-6-10(9)11(12)7-4-8-15(2,13)14/h9-10H,3-8H2,1-2H3. The molecule has 1 saturated carbocycles. The van der Waals surface area contributed by atoms with Crippen LogP contribution < -0.4 is 0 Å². The second-order valence-electron chi connectivity index (χ2n) is 4.71. The summed E-state index contributed by atoms with van der Waals surface area (Å²) in [5, 5.41) is 0. The van der Waals surface area contributed by atoms with Gasteiger partial charge in [-0.2, -0.15) is 0 Å². The predicted octanol–water partition coefficient (Wildman–Crippen LogP) is 1.82. The fourth-order valence-corrected chi connectivity index (χ4v) is 2.99. The molecule has 15 heavy (non-hydrogen) atoms. The lowest BCUT2D eigenvalue weighted by molar-refractivity contribution is -0.123. The van der Waals surface area contributed by atoms with Crippen LogP contribution in [0.1, 0.15) is 39.0 Å². The molecule has 0 amide bonds. The first-order chi connectivity index (χ1) is 6.90. The highest BCUT2D eigenvalue weighted by Crippen LogP contribution is 2.32. The van der Waals surface area contributed by atoms with E-state index in [1.165, 1.54) is 6.26 Å². The van der Waals surface area contributed by atoms with E-state index >= 15 is 0 Å². The van der Waals surface area contributed by atoms with Crippen molar-refractivity contribution in [3.05, 3.63) is 0 Å². The Hall–Kier alpha value is -0.380. The normalized spacial score (nSPS) is 26.8. The molecule has 0 bridgehead atoms. The molecular weight excluding hydrogens is 212 g/mol. The van der Waals surface area contributed by atoms with Crippen LogP contribution in [-0.4, -0.2) is 26.2 Å². The second-order valence-corrected chi connectivity index (χ2v) is 6.97. The van der Waals surface area contributed by atoms with E-state index < -0.39 is 9.84 Å². The summed E-state index contributed by atoms with van der Waals surface area (Å²) >= 11 is 0. The van der Waals surface area contributed by atoms with Gasteiger partial charge in [-0.15, -0.1) is 0 Å². The van der Waals surface area contributed by atoms with Crippen LogP contribution in [0.25, 0.3) is 0 Å². The number of Topliss-reactive ketones (excluding diaryl/α,β-unsaturated/α-hetero) is 1. The summed E-state index contributed by atoms with van der Waals surface area (Å²) in [6, 6.07) is 0. The highest BCUT2D eigenvalue weighted by atomic mass is 32.2. The first-order valence-electron chi connectivity index (χ1n) is 5.60. The molecule has 0 aromatic carbocycles. The van der Waals surface area contributed by atoms with E-state index in [0.717, 1.165) is 19.3 Å². The fourth-order valence-electron chi connectivity index (χ4n) is 2.32. The highest BCUT2D eigenvalue weighted by molar-refractivity contribution is 7.90. The monoisotopic (exact) mass is 232 g/mol. The van der Waals surface area contributed by atoms with E-state index in [1.807, 2.05) is 0 Å². The Bertz CT molecular complexity index is 319. The van der Waals surface area contributed by atoms with Crippen molar-refractivity contribution in [2.24, 2.45) is 11.8 Å². The number of ketones is 1. The van der Waals surface area contributed by atoms with E-state index in [9.17, 15) is 13.2 Å². The summed E-state index contributed by atoms with van der Waals surface area (Å²) in [6.45, 7) is 2.12. The molecule has 4 heteroatoms. The molecule has 0 N–H and O–H groups in total. The second kappa shape index (κ2) is 5.10. The van der Waals surface area contributed by atoms with Crippen molar-refractivity contribution in [3.63, 3.8) is 0 Å². The SMILES string of the molecule is CC1CCCC1C(=O)CCCS(C)(=O)=O. The van der Waals surface area contributed by atoms with Gasteiger partial charge in [0.05, 0.1) is 5.75 Å². The minimum atomic E-state index is -2.91. The third kappa shape index (κ3) is 4.33. The van der Waals surface area contributed by atoms with Gasteiger partial charge >= 0.3 is 0 Å². The Morgan fingerprint density at radius 1 is 1.33 bits per heavy atom. The van der Waals surface area contributed by atoms with Crippen molar-refractivity contribution in [2.45, 2.75) is 39.0 Å². The van der Waals surface area contributed by atoms with Crippen LogP contribution in [0, 0.1) is 11.8 Å². The highest BCUT2D eigenvalue weighted by Gasteiger charge is 2.28. The lowest BCUT2D eigenvalue weighted by Crippen LogP contribution is -2.17. The van der Waals surface area contributed by atoms with Crippen LogP contribution in [0.5, 0.6) is 0 Å². The minimum absolute atomic E-state index is 0.139. The maximum Gasteiger partial charge on any atom is 0.147 e. The lowest BCUT2D eigenvalue weighted by Gasteiger charge is -2.13. The molecule has 1 fully saturated rings. The van der Waals surface area contributed by atoms with Crippen LogP contribution in [-0.2, 0) is 14.6 Å². The van der Waals surface area contributed by atoms with Crippen molar-refractivity contribution in [1.82, 2.24) is 0 Å². The van der Waals surface area contributed by atoms with Crippen LogP contribution in [0.3, 0.4) is 0 Å². The van der Waals surface area contributed by atoms with Crippen molar-refractivity contribution in [3.8, 4) is 0 Å². The quantitative estimate of drug-likeness (QED) is 0.726. The van der Waals surface area contributed by atoms with Gasteiger partial charge in [-0.05, 0) is 25.2 Å². The van der Waals surface area contributed by atoms with Crippen molar-refractivity contribution in [1.29, 1.82) is 0 Å². The molecule has 0 saturated heterocycles. The number of carbonyl (C=O) groups is 1. The van der Waals surface area contributed by atoms with Crippen molar-refractivity contribution < 1.29 is 13.2 Å². The number of carbonyl (C=O) groups excluding carboxylic acids is 1. The zero-order valence-electron chi connectivity index (χ0n) is 9.53. The molecule has 1 rings (SSSR count). The average Bonchev–Trinajstić information content (AvgIpc) is 2.48. The topological polar surface area (TPSA) is 51.2 Å². The number of rotatable bonds is 5. The molecule has 0 radical (unpaired) electrons. The summed E-state index contributed by atoms with van der Waals surface area (Å²) in [5.41, 5.74) is 0. The summed E-state index contributed by atoms with van der Waals surface area (Å²) in [4.78, 5) is 11.7. The zero-order valence-corrected chi connectivity index (χ0v) is 10.3. The first-order valence-corrected chi connectivity index (χ1v) is 7.66. The molecule has 0 heterocycles. The van der Waals surface area contributed by atoms with Gasteiger partial charge in [0, 0.05) is 18.6 Å². The Kier molecular flexibility index (Phi) is 4.32. The van der Waals surface area contributed by atoms with Gasteiger partial charge < -0.3 is 0 Å². The van der Waals surface area contributed by atoms with Gasteiger partial charge in [-0.1, -0.05) is 13.3 Å². The molecule has 3 nitrogen and oxygen atoms in total. The van der Waals surface area contributed by atoms with Crippen molar-refractivity contribution >= 4 is 15.6 Å². The summed E-state index contributed by atoms with van der Waals surface area (Å²) in [6.07, 6.45) is 5.42. The van der Waals surface area contributed by atoms with E-state index in [0.29, 0.717) is 18.8 Å². The molecule has 2 unspecified atom stereocenters. The van der Waals surface area contributed by atoms with E-state index in [-0.39, 0.29) is 17.5 Å². The molecule has 0 spiro atoms. The third-order valence-corrected chi connectivity index (χ3v) is 4.24. The zero-order chi connectivity index (χ0) is 11.5. The van der Waals surface area contributed by atoms with Gasteiger partial charge in [-0.3, -0.25) is 4.79 Å². The average molecular weight is 232 g/mol. The van der Waals surface area contributed by atoms with Crippen LogP contribution >= 0.6 is 0 Å². The first kappa shape index (κ1) is 12.7. The Labute approximate surface area is 92.2 Å². The molecular formula is C11H20O3S. The van der Waals surface area contributed by atoms with Gasteiger partial charge in [0.15, 0.2) is 0 Å². The smallest absolute Gasteiger partial charge is 0.147 e. The van der Waals surface area contributed by atoms with Crippen LogP contribution in [0.4, 0.5) is 0 Å². The van der Waals surface area contributed by atoms with Gasteiger partial charge in [-0.25, -0.2) is 8.42 Å². The maximum atomic E-state index is 11.7. The van der Waals surface area contributed by atoms with E-state index in [2.05, 4.69) is 6.92 Å². The molecule has 2 atom stereocenters. The van der Waals surface area contributed by atoms with Gasteiger partial charge in [0.1, 0.15) is 15.6 Å².